The van der Waals surface area contributed by atoms with Gasteiger partial charge in [-0.25, -0.2) is 9.78 Å². The molecular formula is C16H17ClN4O2S. The molecule has 1 aromatic carbocycles. The van der Waals surface area contributed by atoms with Crippen LogP contribution in [0.3, 0.4) is 0 Å². The molecule has 1 aromatic heterocycles. The summed E-state index contributed by atoms with van der Waals surface area (Å²) in [5.74, 6) is -0.336. The number of thioether (sulfide) groups is 1. The number of hydrogen-bond donors (Lipinski definition) is 2. The summed E-state index contributed by atoms with van der Waals surface area (Å²) in [4.78, 5) is 27.5. The Labute approximate surface area is 149 Å². The summed E-state index contributed by atoms with van der Waals surface area (Å²) in [6, 6.07) is 5.06. The van der Waals surface area contributed by atoms with E-state index in [1.807, 2.05) is 29.7 Å². The number of rotatable bonds is 6. The number of imidazole rings is 1. The molecule has 2 N–H and O–H groups in total. The molecule has 0 bridgehead atoms. The molecule has 0 aliphatic heterocycles. The highest BCUT2D eigenvalue weighted by atomic mass is 35.5. The van der Waals surface area contributed by atoms with Crippen LogP contribution >= 0.6 is 23.4 Å². The molecule has 126 valence electrons. The fraction of sp³-hybridized carbons (Fsp3) is 0.188. The average molecular weight is 365 g/mol. The van der Waals surface area contributed by atoms with E-state index < -0.39 is 11.9 Å². The van der Waals surface area contributed by atoms with Crippen molar-refractivity contribution < 1.29 is 9.59 Å². The molecule has 8 heteroatoms. The Morgan fingerprint density at radius 3 is 3.00 bits per heavy atom. The first kappa shape index (κ1) is 18.1. The van der Waals surface area contributed by atoms with Crippen LogP contribution in [0.15, 0.2) is 48.4 Å². The summed E-state index contributed by atoms with van der Waals surface area (Å²) >= 11 is 7.39. The number of nitrogens with zero attached hydrogens (tertiary/aromatic N) is 2. The largest absolute Gasteiger partial charge is 0.334 e. The standard InChI is InChI=1S/C16H17ClN4O2S/c1-3-7-18-15(23)20-14(22)10-24-16-19-8-9-21(16)13-6-4-5-12(17)11(13)2/h3-6,8-9H,1,7,10H2,2H3,(H2,18,20,22,23). The van der Waals surface area contributed by atoms with Crippen LogP contribution in [0.4, 0.5) is 4.79 Å². The smallest absolute Gasteiger partial charge is 0.321 e. The Balaban J connectivity index is 2.01. The van der Waals surface area contributed by atoms with E-state index >= 15 is 0 Å². The zero-order valence-electron chi connectivity index (χ0n) is 13.1. The van der Waals surface area contributed by atoms with Gasteiger partial charge in [0, 0.05) is 24.0 Å². The van der Waals surface area contributed by atoms with Gasteiger partial charge in [0.2, 0.25) is 5.91 Å². The van der Waals surface area contributed by atoms with Gasteiger partial charge in [0.1, 0.15) is 0 Å². The van der Waals surface area contributed by atoms with Crippen LogP contribution in [0.5, 0.6) is 0 Å². The van der Waals surface area contributed by atoms with Crippen LogP contribution < -0.4 is 10.6 Å². The van der Waals surface area contributed by atoms with Gasteiger partial charge in [-0.3, -0.25) is 14.7 Å². The van der Waals surface area contributed by atoms with Crippen LogP contribution in [-0.2, 0) is 4.79 Å². The van der Waals surface area contributed by atoms with E-state index in [0.717, 1.165) is 11.3 Å². The Morgan fingerprint density at radius 2 is 2.25 bits per heavy atom. The topological polar surface area (TPSA) is 76.0 Å². The maximum atomic E-state index is 11.8. The number of imide groups is 1. The normalized spacial score (nSPS) is 10.2. The lowest BCUT2D eigenvalue weighted by atomic mass is 10.2. The number of hydrogen-bond acceptors (Lipinski definition) is 4. The van der Waals surface area contributed by atoms with Crippen molar-refractivity contribution >= 4 is 35.3 Å². The Kier molecular flexibility index (Phi) is 6.45. The molecule has 0 atom stereocenters. The predicted molar refractivity (Wildman–Crippen MR) is 95.8 cm³/mol. The minimum absolute atomic E-state index is 0.0676. The minimum Gasteiger partial charge on any atom is -0.334 e. The van der Waals surface area contributed by atoms with Crippen LogP contribution in [0.1, 0.15) is 5.56 Å². The maximum absolute atomic E-state index is 11.8. The van der Waals surface area contributed by atoms with E-state index in [1.54, 1.807) is 12.4 Å². The lowest BCUT2D eigenvalue weighted by Crippen LogP contribution is -2.40. The number of carbonyl (C=O) groups excluding carboxylic acids is 2. The van der Waals surface area contributed by atoms with Gasteiger partial charge < -0.3 is 5.32 Å². The number of aromatic nitrogens is 2. The molecule has 0 saturated carbocycles. The quantitative estimate of drug-likeness (QED) is 0.610. The molecule has 0 aliphatic rings. The van der Waals surface area contributed by atoms with Gasteiger partial charge in [-0.1, -0.05) is 35.5 Å². The monoisotopic (exact) mass is 364 g/mol. The second-order valence-corrected chi connectivity index (χ2v) is 6.15. The van der Waals surface area contributed by atoms with E-state index in [9.17, 15) is 9.59 Å². The first-order valence-corrected chi connectivity index (χ1v) is 8.49. The molecule has 0 fully saturated rings. The van der Waals surface area contributed by atoms with E-state index in [1.165, 1.54) is 17.8 Å². The van der Waals surface area contributed by atoms with Gasteiger partial charge in [-0.2, -0.15) is 0 Å². The van der Waals surface area contributed by atoms with Crippen molar-refractivity contribution in [3.63, 3.8) is 0 Å². The second kappa shape index (κ2) is 8.56. The highest BCUT2D eigenvalue weighted by Crippen LogP contribution is 2.26. The molecule has 6 nitrogen and oxygen atoms in total. The summed E-state index contributed by atoms with van der Waals surface area (Å²) in [7, 11) is 0. The number of benzene rings is 1. The zero-order chi connectivity index (χ0) is 17.5. The summed E-state index contributed by atoms with van der Waals surface area (Å²) in [6.45, 7) is 5.70. The summed E-state index contributed by atoms with van der Waals surface area (Å²) < 4.78 is 1.86. The fourth-order valence-corrected chi connectivity index (χ4v) is 2.87. The van der Waals surface area contributed by atoms with E-state index in [2.05, 4.69) is 22.2 Å². The predicted octanol–water partition coefficient (Wildman–Crippen LogP) is 2.94. The summed E-state index contributed by atoms with van der Waals surface area (Å²) in [5, 5.41) is 6.02. The number of halogens is 1. The van der Waals surface area contributed by atoms with E-state index in [4.69, 9.17) is 11.6 Å². The third-order valence-electron chi connectivity index (χ3n) is 3.10. The fourth-order valence-electron chi connectivity index (χ4n) is 1.94. The van der Waals surface area contributed by atoms with Crippen molar-refractivity contribution in [3.05, 3.63) is 53.8 Å². The molecule has 0 spiro atoms. The van der Waals surface area contributed by atoms with Crippen molar-refractivity contribution in [2.24, 2.45) is 0 Å². The number of nitrogens with one attached hydrogen (secondary N) is 2. The summed E-state index contributed by atoms with van der Waals surface area (Å²) in [5.41, 5.74) is 1.82. The minimum atomic E-state index is -0.547. The lowest BCUT2D eigenvalue weighted by Gasteiger charge is -2.11. The number of amides is 3. The Morgan fingerprint density at radius 1 is 1.46 bits per heavy atom. The van der Waals surface area contributed by atoms with Gasteiger partial charge in [0.15, 0.2) is 5.16 Å². The van der Waals surface area contributed by atoms with Crippen molar-refractivity contribution in [3.8, 4) is 5.69 Å². The molecule has 0 unspecified atom stereocenters. The van der Waals surface area contributed by atoms with Crippen LogP contribution in [0, 0.1) is 6.92 Å². The molecule has 0 aliphatic carbocycles. The van der Waals surface area contributed by atoms with Crippen molar-refractivity contribution in [2.75, 3.05) is 12.3 Å². The van der Waals surface area contributed by atoms with Gasteiger partial charge in [0.25, 0.3) is 0 Å². The molecule has 1 heterocycles. The molecule has 2 rings (SSSR count). The molecule has 3 amide bonds. The number of carbonyl (C=O) groups is 2. The maximum Gasteiger partial charge on any atom is 0.321 e. The van der Waals surface area contributed by atoms with Crippen LogP contribution in [0.2, 0.25) is 5.02 Å². The Hall–Kier alpha value is -2.25. The van der Waals surface area contributed by atoms with Gasteiger partial charge in [-0.05, 0) is 24.6 Å². The summed E-state index contributed by atoms with van der Waals surface area (Å²) in [6.07, 6.45) is 4.98. The molecule has 0 saturated heterocycles. The number of urea groups is 1. The van der Waals surface area contributed by atoms with Crippen molar-refractivity contribution in [1.82, 2.24) is 20.2 Å². The SMILES string of the molecule is C=CCNC(=O)NC(=O)CSc1nccn1-c1cccc(Cl)c1C. The average Bonchev–Trinajstić information content (AvgIpc) is 3.02. The van der Waals surface area contributed by atoms with E-state index in [0.29, 0.717) is 16.7 Å². The first-order chi connectivity index (χ1) is 11.5. The van der Waals surface area contributed by atoms with E-state index in [-0.39, 0.29) is 5.75 Å². The van der Waals surface area contributed by atoms with Gasteiger partial charge in [-0.15, -0.1) is 6.58 Å². The highest BCUT2D eigenvalue weighted by Gasteiger charge is 2.13. The zero-order valence-corrected chi connectivity index (χ0v) is 14.7. The van der Waals surface area contributed by atoms with Gasteiger partial charge in [0.05, 0.1) is 11.4 Å². The van der Waals surface area contributed by atoms with Crippen molar-refractivity contribution in [2.45, 2.75) is 12.1 Å². The van der Waals surface area contributed by atoms with Crippen molar-refractivity contribution in [1.29, 1.82) is 0 Å². The first-order valence-electron chi connectivity index (χ1n) is 7.13. The highest BCUT2D eigenvalue weighted by molar-refractivity contribution is 7.99. The lowest BCUT2D eigenvalue weighted by molar-refractivity contribution is -0.117. The third-order valence-corrected chi connectivity index (χ3v) is 4.47. The molecule has 24 heavy (non-hydrogen) atoms. The van der Waals surface area contributed by atoms with Crippen LogP contribution in [0.25, 0.3) is 5.69 Å². The van der Waals surface area contributed by atoms with Crippen LogP contribution in [-0.4, -0.2) is 33.8 Å². The molecule has 0 radical (unpaired) electrons. The Bertz CT molecular complexity index is 760. The second-order valence-electron chi connectivity index (χ2n) is 4.80. The van der Waals surface area contributed by atoms with Gasteiger partial charge >= 0.3 is 6.03 Å². The molecular weight excluding hydrogens is 348 g/mol. The third kappa shape index (κ3) is 4.62. The molecule has 2 aromatic rings.